The number of anilines is 1. The Morgan fingerprint density at radius 1 is 1.37 bits per heavy atom. The third kappa shape index (κ3) is 4.68. The molecule has 0 aliphatic rings. The quantitative estimate of drug-likeness (QED) is 0.827. The molecule has 0 atom stereocenters. The maximum atomic E-state index is 12.9. The van der Waals surface area contributed by atoms with Gasteiger partial charge in [0.2, 0.25) is 0 Å². The maximum absolute atomic E-state index is 12.9. The summed E-state index contributed by atoms with van der Waals surface area (Å²) in [4.78, 5) is 5.42. The first-order valence-electron chi connectivity index (χ1n) is 5.97. The molecule has 0 saturated carbocycles. The third-order valence-corrected chi connectivity index (χ3v) is 2.59. The Hall–Kier alpha value is -1.34. The van der Waals surface area contributed by atoms with E-state index in [0.29, 0.717) is 32.7 Å². The number of rotatable bonds is 7. The molecule has 4 nitrogen and oxygen atoms in total. The summed E-state index contributed by atoms with van der Waals surface area (Å²) in [7, 11) is 1.50. The molecular weight excluding hydrogens is 259 g/mol. The smallest absolute Gasteiger partial charge is 0.383 e. The highest BCUT2D eigenvalue weighted by molar-refractivity contribution is 5.48. The van der Waals surface area contributed by atoms with Crippen LogP contribution >= 0.6 is 0 Å². The molecule has 7 heteroatoms. The molecule has 0 aliphatic heterocycles. The van der Waals surface area contributed by atoms with E-state index >= 15 is 0 Å². The van der Waals surface area contributed by atoms with Crippen molar-refractivity contribution in [2.24, 2.45) is 5.73 Å². The van der Waals surface area contributed by atoms with E-state index in [-0.39, 0.29) is 5.82 Å². The Bertz CT molecular complexity index is 377. The molecule has 1 aromatic rings. The lowest BCUT2D eigenvalue weighted by atomic mass is 10.2. The highest BCUT2D eigenvalue weighted by Gasteiger charge is 2.35. The van der Waals surface area contributed by atoms with E-state index in [4.69, 9.17) is 10.5 Å². The second-order valence-corrected chi connectivity index (χ2v) is 3.99. The number of nitrogens with two attached hydrogens (primary N) is 1. The summed E-state index contributed by atoms with van der Waals surface area (Å²) in [5.74, 6) is -0.0690. The van der Waals surface area contributed by atoms with Gasteiger partial charge < -0.3 is 15.4 Å². The molecule has 0 aliphatic carbocycles. The van der Waals surface area contributed by atoms with E-state index in [2.05, 4.69) is 4.98 Å². The lowest BCUT2D eigenvalue weighted by Gasteiger charge is -2.26. The summed E-state index contributed by atoms with van der Waals surface area (Å²) in [6, 6.07) is 2.31. The van der Waals surface area contributed by atoms with Crippen LogP contribution in [0.25, 0.3) is 0 Å². The van der Waals surface area contributed by atoms with Gasteiger partial charge in [0.25, 0.3) is 0 Å². The average molecular weight is 277 g/mol. The monoisotopic (exact) mass is 277 g/mol. The number of hydrogen-bond acceptors (Lipinski definition) is 4. The molecule has 0 amide bonds. The topological polar surface area (TPSA) is 51.4 Å². The fraction of sp³-hybridized carbons (Fsp3) is 0.583. The predicted octanol–water partition coefficient (Wildman–Crippen LogP) is 1.90. The zero-order valence-corrected chi connectivity index (χ0v) is 10.8. The SMILES string of the molecule is COCCN(CCCN)c1ncccc1C(F)(F)F. The summed E-state index contributed by atoms with van der Waals surface area (Å²) in [6.07, 6.45) is -2.47. The van der Waals surface area contributed by atoms with E-state index in [9.17, 15) is 13.2 Å². The molecule has 19 heavy (non-hydrogen) atoms. The first-order chi connectivity index (χ1) is 9.00. The Kier molecular flexibility index (Phi) is 6.04. The second-order valence-electron chi connectivity index (χ2n) is 3.99. The van der Waals surface area contributed by atoms with Crippen LogP contribution in [-0.4, -0.2) is 38.3 Å². The largest absolute Gasteiger partial charge is 0.419 e. The minimum Gasteiger partial charge on any atom is -0.383 e. The van der Waals surface area contributed by atoms with Gasteiger partial charge in [0.15, 0.2) is 0 Å². The zero-order valence-electron chi connectivity index (χ0n) is 10.8. The summed E-state index contributed by atoms with van der Waals surface area (Å²) < 4.78 is 43.7. The van der Waals surface area contributed by atoms with Crippen LogP contribution in [-0.2, 0) is 10.9 Å². The third-order valence-electron chi connectivity index (χ3n) is 2.59. The first-order valence-corrected chi connectivity index (χ1v) is 5.97. The van der Waals surface area contributed by atoms with Crippen LogP contribution in [0.15, 0.2) is 18.3 Å². The van der Waals surface area contributed by atoms with Crippen molar-refractivity contribution >= 4 is 5.82 Å². The molecule has 0 bridgehead atoms. The molecular formula is C12H18F3N3O. The van der Waals surface area contributed by atoms with Crippen LogP contribution < -0.4 is 10.6 Å². The lowest BCUT2D eigenvalue weighted by molar-refractivity contribution is -0.137. The molecule has 0 radical (unpaired) electrons. The van der Waals surface area contributed by atoms with Crippen molar-refractivity contribution in [2.75, 3.05) is 38.3 Å². The number of alkyl halides is 3. The molecule has 0 fully saturated rings. The van der Waals surface area contributed by atoms with Crippen molar-refractivity contribution in [1.82, 2.24) is 4.98 Å². The zero-order chi connectivity index (χ0) is 14.3. The molecule has 1 rings (SSSR count). The summed E-state index contributed by atoms with van der Waals surface area (Å²) in [5.41, 5.74) is 4.67. The molecule has 2 N–H and O–H groups in total. The Balaban J connectivity index is 3.00. The number of aromatic nitrogens is 1. The van der Waals surface area contributed by atoms with Gasteiger partial charge in [-0.2, -0.15) is 13.2 Å². The highest BCUT2D eigenvalue weighted by Crippen LogP contribution is 2.35. The molecule has 1 heterocycles. The van der Waals surface area contributed by atoms with E-state index in [1.54, 1.807) is 4.90 Å². The van der Waals surface area contributed by atoms with E-state index < -0.39 is 11.7 Å². The Labute approximate surface area is 110 Å². The van der Waals surface area contributed by atoms with Gasteiger partial charge in [0.05, 0.1) is 12.2 Å². The number of ether oxygens (including phenoxy) is 1. The van der Waals surface area contributed by atoms with Gasteiger partial charge in [0, 0.05) is 26.4 Å². The van der Waals surface area contributed by atoms with Crippen molar-refractivity contribution in [3.05, 3.63) is 23.9 Å². The second kappa shape index (κ2) is 7.30. The number of methoxy groups -OCH3 is 1. The molecule has 0 aromatic carbocycles. The summed E-state index contributed by atoms with van der Waals surface area (Å²) in [6.45, 7) is 1.51. The number of pyridine rings is 1. The molecule has 0 unspecified atom stereocenters. The van der Waals surface area contributed by atoms with E-state index in [1.165, 1.54) is 19.4 Å². The summed E-state index contributed by atoms with van der Waals surface area (Å²) >= 11 is 0. The minimum absolute atomic E-state index is 0.0690. The van der Waals surface area contributed by atoms with Crippen LogP contribution in [0, 0.1) is 0 Å². The fourth-order valence-corrected chi connectivity index (χ4v) is 1.68. The van der Waals surface area contributed by atoms with Gasteiger partial charge in [0.1, 0.15) is 5.82 Å². The van der Waals surface area contributed by atoms with Gasteiger partial charge in [-0.15, -0.1) is 0 Å². The molecule has 0 saturated heterocycles. The van der Waals surface area contributed by atoms with Crippen LogP contribution in [0.5, 0.6) is 0 Å². The highest BCUT2D eigenvalue weighted by atomic mass is 19.4. The fourth-order valence-electron chi connectivity index (χ4n) is 1.68. The lowest BCUT2D eigenvalue weighted by Crippen LogP contribution is -2.32. The average Bonchev–Trinajstić information content (AvgIpc) is 2.38. The van der Waals surface area contributed by atoms with Crippen LogP contribution in [0.4, 0.5) is 19.0 Å². The Morgan fingerprint density at radius 3 is 2.68 bits per heavy atom. The van der Waals surface area contributed by atoms with Gasteiger partial charge in [-0.25, -0.2) is 4.98 Å². The normalized spacial score (nSPS) is 11.6. The van der Waals surface area contributed by atoms with Crippen molar-refractivity contribution in [3.8, 4) is 0 Å². The van der Waals surface area contributed by atoms with Crippen LogP contribution in [0.1, 0.15) is 12.0 Å². The maximum Gasteiger partial charge on any atom is 0.419 e. The number of halogens is 3. The Morgan fingerprint density at radius 2 is 2.11 bits per heavy atom. The predicted molar refractivity (Wildman–Crippen MR) is 67.0 cm³/mol. The van der Waals surface area contributed by atoms with Gasteiger partial charge >= 0.3 is 6.18 Å². The van der Waals surface area contributed by atoms with Gasteiger partial charge in [-0.05, 0) is 25.1 Å². The van der Waals surface area contributed by atoms with Crippen molar-refractivity contribution in [1.29, 1.82) is 0 Å². The van der Waals surface area contributed by atoms with E-state index in [1.807, 2.05) is 0 Å². The standard InChI is InChI=1S/C12H18F3N3O/c1-19-9-8-18(7-3-5-16)11-10(12(13,14)15)4-2-6-17-11/h2,4,6H,3,5,7-9,16H2,1H3. The first kappa shape index (κ1) is 15.7. The van der Waals surface area contributed by atoms with Gasteiger partial charge in [-0.1, -0.05) is 0 Å². The van der Waals surface area contributed by atoms with Crippen molar-refractivity contribution < 1.29 is 17.9 Å². The molecule has 108 valence electrons. The van der Waals surface area contributed by atoms with Crippen LogP contribution in [0.2, 0.25) is 0 Å². The van der Waals surface area contributed by atoms with Crippen LogP contribution in [0.3, 0.4) is 0 Å². The molecule has 1 aromatic heterocycles. The number of hydrogen-bond donors (Lipinski definition) is 1. The minimum atomic E-state index is -4.42. The summed E-state index contributed by atoms with van der Waals surface area (Å²) in [5, 5.41) is 0. The van der Waals surface area contributed by atoms with Crippen molar-refractivity contribution in [2.45, 2.75) is 12.6 Å². The molecule has 0 spiro atoms. The van der Waals surface area contributed by atoms with Gasteiger partial charge in [-0.3, -0.25) is 0 Å². The van der Waals surface area contributed by atoms with E-state index in [0.717, 1.165) is 6.07 Å². The van der Waals surface area contributed by atoms with Crippen molar-refractivity contribution in [3.63, 3.8) is 0 Å². The number of nitrogens with zero attached hydrogens (tertiary/aromatic N) is 2.